The number of halogens is 4. The number of nitrogens with zero attached hydrogens (tertiary/aromatic N) is 1. The molecule has 0 radical (unpaired) electrons. The van der Waals surface area contributed by atoms with Crippen LogP contribution in [-0.4, -0.2) is 19.9 Å². The van der Waals surface area contributed by atoms with E-state index >= 15 is 0 Å². The second-order valence-corrected chi connectivity index (χ2v) is 6.35. The molecule has 17 heavy (non-hydrogen) atoms. The third kappa shape index (κ3) is 4.26. The van der Waals surface area contributed by atoms with E-state index in [2.05, 4.69) is 4.98 Å². The molecule has 1 rings (SSSR count). The van der Waals surface area contributed by atoms with Gasteiger partial charge in [0.2, 0.25) is 4.34 Å². The van der Waals surface area contributed by atoms with Gasteiger partial charge in [0.15, 0.2) is 5.83 Å². The zero-order valence-corrected chi connectivity index (χ0v) is 10.5. The number of aromatic nitrogens is 1. The average molecular weight is 307 g/mol. The predicted molar refractivity (Wildman–Crippen MR) is 57.3 cm³/mol. The van der Waals surface area contributed by atoms with Crippen LogP contribution in [-0.2, 0) is 10.0 Å². The Morgan fingerprint density at radius 2 is 2.12 bits per heavy atom. The largest absolute Gasteiger partial charge is 0.301 e. The lowest BCUT2D eigenvalue weighted by molar-refractivity contribution is 0.370. The zero-order valence-electron chi connectivity index (χ0n) is 8.08. The summed E-state index contributed by atoms with van der Waals surface area (Å²) in [7, 11) is -3.92. The molecule has 1 N–H and O–H groups in total. The van der Waals surface area contributed by atoms with E-state index < -0.39 is 34.9 Å². The average Bonchev–Trinajstić information content (AvgIpc) is 2.65. The van der Waals surface area contributed by atoms with E-state index in [9.17, 15) is 21.6 Å². The van der Waals surface area contributed by atoms with Gasteiger partial charge < -0.3 is 0 Å². The first-order valence-corrected chi connectivity index (χ1v) is 6.81. The van der Waals surface area contributed by atoms with Crippen LogP contribution in [0, 0.1) is 0 Å². The maximum Gasteiger partial charge on any atom is 0.301 e. The molecule has 0 aliphatic rings. The molecule has 0 saturated heterocycles. The molecule has 0 unspecified atom stereocenters. The topological polar surface area (TPSA) is 59.1 Å². The first-order valence-electron chi connectivity index (χ1n) is 4.13. The van der Waals surface area contributed by atoms with Gasteiger partial charge in [0, 0.05) is 13.0 Å². The Kier molecular flexibility index (Phi) is 4.92. The van der Waals surface area contributed by atoms with Crippen molar-refractivity contribution in [2.24, 2.45) is 0 Å². The summed E-state index contributed by atoms with van der Waals surface area (Å²) in [5.41, 5.74) is 0. The maximum atomic E-state index is 12.4. The second kappa shape index (κ2) is 5.80. The van der Waals surface area contributed by atoms with Gasteiger partial charge in [0.1, 0.15) is 4.34 Å². The number of thiazole rings is 1. The fourth-order valence-electron chi connectivity index (χ4n) is 0.815. The molecule has 0 amide bonds. The lowest BCUT2D eigenvalue weighted by atomic mass is 10.4. The number of rotatable bonds is 5. The van der Waals surface area contributed by atoms with E-state index in [1.54, 1.807) is 0 Å². The van der Waals surface area contributed by atoms with E-state index in [1.165, 1.54) is 0 Å². The third-order valence-electron chi connectivity index (χ3n) is 1.53. The standard InChI is InChI=1S/C7H6ClF3N2O2S2/c8-5-3-12-7(16-5)17(14,15)13-2-1-4(9)6(10)11/h3,13H,1-2H2. The highest BCUT2D eigenvalue weighted by atomic mass is 35.5. The first-order chi connectivity index (χ1) is 7.83. The Morgan fingerprint density at radius 1 is 1.47 bits per heavy atom. The zero-order chi connectivity index (χ0) is 13.1. The number of hydrogen-bond acceptors (Lipinski definition) is 4. The van der Waals surface area contributed by atoms with Gasteiger partial charge in [-0.1, -0.05) is 22.9 Å². The van der Waals surface area contributed by atoms with Crippen molar-refractivity contribution in [3.8, 4) is 0 Å². The van der Waals surface area contributed by atoms with Crippen molar-refractivity contribution in [2.75, 3.05) is 6.54 Å². The molecule has 4 nitrogen and oxygen atoms in total. The summed E-state index contributed by atoms with van der Waals surface area (Å²) in [6.45, 7) is -0.483. The van der Waals surface area contributed by atoms with Gasteiger partial charge in [0.05, 0.1) is 6.20 Å². The molecular weight excluding hydrogens is 301 g/mol. The summed E-state index contributed by atoms with van der Waals surface area (Å²) in [6.07, 6.45) is -2.04. The normalized spacial score (nSPS) is 11.5. The van der Waals surface area contributed by atoms with Crippen molar-refractivity contribution in [3.05, 3.63) is 22.4 Å². The van der Waals surface area contributed by atoms with Gasteiger partial charge in [-0.05, 0) is 0 Å². The molecule has 96 valence electrons. The summed E-state index contributed by atoms with van der Waals surface area (Å²) in [4.78, 5) is 3.50. The van der Waals surface area contributed by atoms with Crippen LogP contribution in [0.4, 0.5) is 13.2 Å². The van der Waals surface area contributed by atoms with Gasteiger partial charge >= 0.3 is 6.08 Å². The smallest absolute Gasteiger partial charge is 0.231 e. The van der Waals surface area contributed by atoms with Gasteiger partial charge in [0.25, 0.3) is 10.0 Å². The molecule has 0 bridgehead atoms. The highest BCUT2D eigenvalue weighted by Crippen LogP contribution is 2.22. The van der Waals surface area contributed by atoms with Crippen LogP contribution in [0.5, 0.6) is 0 Å². The van der Waals surface area contributed by atoms with Crippen LogP contribution in [0.2, 0.25) is 4.34 Å². The van der Waals surface area contributed by atoms with Crippen LogP contribution < -0.4 is 4.72 Å². The van der Waals surface area contributed by atoms with Crippen molar-refractivity contribution < 1.29 is 21.6 Å². The van der Waals surface area contributed by atoms with Crippen molar-refractivity contribution in [3.63, 3.8) is 0 Å². The number of nitrogens with one attached hydrogen (secondary N) is 1. The van der Waals surface area contributed by atoms with Crippen LogP contribution in [0.25, 0.3) is 0 Å². The second-order valence-electron chi connectivity index (χ2n) is 2.74. The minimum Gasteiger partial charge on any atom is -0.231 e. The fourth-order valence-corrected chi connectivity index (χ4v) is 3.17. The minimum atomic E-state index is -3.92. The molecular formula is C7H6ClF3N2O2S2. The van der Waals surface area contributed by atoms with Crippen LogP contribution >= 0.6 is 22.9 Å². The van der Waals surface area contributed by atoms with Crippen molar-refractivity contribution in [1.82, 2.24) is 9.71 Å². The highest BCUT2D eigenvalue weighted by Gasteiger charge is 2.18. The van der Waals surface area contributed by atoms with Gasteiger partial charge in [-0.2, -0.15) is 8.78 Å². The van der Waals surface area contributed by atoms with Crippen molar-refractivity contribution >= 4 is 33.0 Å². The van der Waals surface area contributed by atoms with E-state index in [4.69, 9.17) is 11.6 Å². The van der Waals surface area contributed by atoms with E-state index in [0.717, 1.165) is 6.20 Å². The van der Waals surface area contributed by atoms with Gasteiger partial charge in [-0.3, -0.25) is 0 Å². The Bertz CT molecular complexity index is 525. The molecule has 0 fully saturated rings. The van der Waals surface area contributed by atoms with Crippen LogP contribution in [0.3, 0.4) is 0 Å². The monoisotopic (exact) mass is 306 g/mol. The van der Waals surface area contributed by atoms with Crippen molar-refractivity contribution in [2.45, 2.75) is 10.8 Å². The maximum absolute atomic E-state index is 12.4. The molecule has 0 saturated carbocycles. The number of sulfonamides is 1. The summed E-state index contributed by atoms with van der Waals surface area (Å²) in [5.74, 6) is -1.65. The Morgan fingerprint density at radius 3 is 2.59 bits per heavy atom. The number of hydrogen-bond donors (Lipinski definition) is 1. The Balaban J connectivity index is 2.61. The summed E-state index contributed by atoms with van der Waals surface area (Å²) >= 11 is 6.20. The van der Waals surface area contributed by atoms with E-state index in [-0.39, 0.29) is 8.68 Å². The van der Waals surface area contributed by atoms with E-state index in [1.807, 2.05) is 4.72 Å². The quantitative estimate of drug-likeness (QED) is 0.909. The predicted octanol–water partition coefficient (Wildman–Crippen LogP) is 2.54. The molecule has 1 aromatic heterocycles. The molecule has 0 aliphatic carbocycles. The van der Waals surface area contributed by atoms with Gasteiger partial charge in [-0.25, -0.2) is 22.5 Å². The molecule has 1 heterocycles. The summed E-state index contributed by atoms with van der Waals surface area (Å²) in [5, 5.41) is 0. The lowest BCUT2D eigenvalue weighted by Crippen LogP contribution is -2.24. The summed E-state index contributed by atoms with van der Waals surface area (Å²) in [6, 6.07) is 0. The first kappa shape index (κ1) is 14.4. The molecule has 0 atom stereocenters. The van der Waals surface area contributed by atoms with E-state index in [0.29, 0.717) is 11.3 Å². The molecule has 0 spiro atoms. The molecule has 0 aliphatic heterocycles. The highest BCUT2D eigenvalue weighted by molar-refractivity contribution is 7.91. The molecule has 0 aromatic carbocycles. The summed E-state index contributed by atoms with van der Waals surface area (Å²) < 4.78 is 60.4. The van der Waals surface area contributed by atoms with Crippen LogP contribution in [0.1, 0.15) is 6.42 Å². The Labute approximate surface area is 104 Å². The minimum absolute atomic E-state index is 0.172. The molecule has 10 heteroatoms. The SMILES string of the molecule is O=S(=O)(NCCC(F)=C(F)F)c1ncc(Cl)s1. The lowest BCUT2D eigenvalue weighted by Gasteiger charge is -2.01. The fraction of sp³-hybridized carbons (Fsp3) is 0.286. The van der Waals surface area contributed by atoms with Crippen molar-refractivity contribution in [1.29, 1.82) is 0 Å². The molecule has 1 aromatic rings. The third-order valence-corrected chi connectivity index (χ3v) is 4.49. The van der Waals surface area contributed by atoms with Crippen LogP contribution in [0.15, 0.2) is 22.4 Å². The van der Waals surface area contributed by atoms with Gasteiger partial charge in [-0.15, -0.1) is 0 Å². The Hall–Kier alpha value is -0.640.